The Hall–Kier alpha value is -8.96. The number of hydrogen-bond acceptors (Lipinski definition) is 12. The summed E-state index contributed by atoms with van der Waals surface area (Å²) in [6.07, 6.45) is 0. The smallest absolute Gasteiger partial charge is 0.248 e. The Kier molecular flexibility index (Phi) is 17.4. The largest absolute Gasteiger partial charge is 0.416 e. The first-order valence-corrected chi connectivity index (χ1v) is 24.9. The summed E-state index contributed by atoms with van der Waals surface area (Å²) in [6, 6.07) is 70.2. The molecule has 3 heterocycles. The first-order chi connectivity index (χ1) is 38.5. The third-order valence-electron chi connectivity index (χ3n) is 12.2. The van der Waals surface area contributed by atoms with Gasteiger partial charge in [0.25, 0.3) is 0 Å². The van der Waals surface area contributed by atoms with Crippen LogP contribution in [0.4, 0.5) is 0 Å². The number of rotatable bonds is 9. The van der Waals surface area contributed by atoms with Crippen molar-refractivity contribution in [2.75, 3.05) is 7.11 Å². The fourth-order valence-electron chi connectivity index (χ4n) is 8.29. The van der Waals surface area contributed by atoms with Crippen molar-refractivity contribution in [1.82, 2.24) is 30.6 Å². The van der Waals surface area contributed by atoms with Crippen molar-refractivity contribution < 1.29 is 23.1 Å². The van der Waals surface area contributed by atoms with Crippen molar-refractivity contribution in [3.8, 4) is 85.6 Å². The van der Waals surface area contributed by atoms with Crippen LogP contribution in [-0.4, -0.2) is 60.6 Å². The Bertz CT molecular complexity index is 3710. The molecule has 12 nitrogen and oxygen atoms in total. The average Bonchev–Trinajstić information content (AvgIpc) is 4.41. The molecule has 9 aromatic carbocycles. The van der Waals surface area contributed by atoms with Crippen LogP contribution in [0.2, 0.25) is 0 Å². The minimum Gasteiger partial charge on any atom is -0.416 e. The Morgan fingerprint density at radius 3 is 1.39 bits per heavy atom. The molecule has 0 aliphatic carbocycles. The molecule has 0 spiro atoms. The van der Waals surface area contributed by atoms with Crippen LogP contribution in [0.25, 0.3) is 101 Å². The number of ether oxygens (including phenoxy) is 1. The van der Waals surface area contributed by atoms with E-state index in [4.69, 9.17) is 31.0 Å². The van der Waals surface area contributed by atoms with Crippen LogP contribution in [0.5, 0.6) is 5.75 Å². The fourth-order valence-corrected chi connectivity index (χ4v) is 8.29. The number of aliphatic hydroxyl groups excluding tert-OH is 1. The maximum absolute atomic E-state index is 9.17. The van der Waals surface area contributed by atoms with Crippen LogP contribution < -0.4 is 4.74 Å². The zero-order chi connectivity index (χ0) is 55.6. The van der Waals surface area contributed by atoms with Crippen LogP contribution in [0.3, 0.4) is 0 Å². The summed E-state index contributed by atoms with van der Waals surface area (Å²) < 4.78 is 34.6. The van der Waals surface area contributed by atoms with E-state index >= 15 is 0 Å². The van der Waals surface area contributed by atoms with Crippen LogP contribution in [0, 0.1) is 5.31 Å². The SMILES string of the molecule is CC(C)(C)c1ccc(-c2nnc(-c3ccc(-c4ccccc4)cc3)o2)cc1.COc1cccc(-c2nnc(-c3cccc(CO)c3)o2)c1.[2H]B=N.[2H]P[B].c1ccc2c(-c3nnc(-c4cccc5ccccc45)o3)cccc2c1. The maximum Gasteiger partial charge on any atom is 0.248 e. The number of hydrogen-bond donors (Lipinski definition) is 2. The first-order valence-electron chi connectivity index (χ1n) is 25.4. The second kappa shape index (κ2) is 26.0. The molecular formula is C62H54B2N7O5P. The van der Waals surface area contributed by atoms with Crippen molar-refractivity contribution in [2.45, 2.75) is 32.8 Å². The van der Waals surface area contributed by atoms with Gasteiger partial charge in [-0.3, -0.25) is 0 Å². The van der Waals surface area contributed by atoms with Crippen LogP contribution in [0.15, 0.2) is 226 Å². The summed E-state index contributed by atoms with van der Waals surface area (Å²) in [4.78, 5) is 0. The van der Waals surface area contributed by atoms with Gasteiger partial charge in [0.15, 0.2) is 0 Å². The van der Waals surface area contributed by atoms with Crippen LogP contribution in [0.1, 0.15) is 31.9 Å². The summed E-state index contributed by atoms with van der Waals surface area (Å²) >= 11 is 0. The molecule has 0 amide bonds. The molecule has 1 unspecified atom stereocenters. The van der Waals surface area contributed by atoms with Crippen molar-refractivity contribution in [1.29, 1.82) is 7.93 Å². The van der Waals surface area contributed by atoms with E-state index in [1.165, 1.54) is 11.1 Å². The molecular weight excluding hydrogens is 975 g/mol. The van der Waals surface area contributed by atoms with Gasteiger partial charge in [0.2, 0.25) is 35.3 Å². The molecule has 2 radical (unpaired) electrons. The molecule has 2 N–H and O–H groups in total. The molecule has 0 aliphatic rings. The Balaban J connectivity index is 0.000000149. The number of methoxy groups -OCH3 is 1. The molecule has 0 bridgehead atoms. The van der Waals surface area contributed by atoms with Crippen molar-refractivity contribution >= 4 is 45.8 Å². The van der Waals surface area contributed by atoms with Crippen molar-refractivity contribution in [2.24, 2.45) is 0 Å². The van der Waals surface area contributed by atoms with Gasteiger partial charge in [-0.1, -0.05) is 166 Å². The monoisotopic (exact) mass is 1030 g/mol. The van der Waals surface area contributed by atoms with Crippen molar-refractivity contribution in [3.63, 3.8) is 0 Å². The van der Waals surface area contributed by atoms with Crippen LogP contribution in [-0.2, 0) is 12.0 Å². The minimum absolute atomic E-state index is 0.0231. The van der Waals surface area contributed by atoms with E-state index < -0.39 is 0 Å². The van der Waals surface area contributed by atoms with Gasteiger partial charge in [-0.05, 0) is 116 Å². The van der Waals surface area contributed by atoms with Gasteiger partial charge in [0, 0.05) is 34.7 Å². The van der Waals surface area contributed by atoms with Crippen molar-refractivity contribution in [3.05, 3.63) is 223 Å². The third-order valence-corrected chi connectivity index (χ3v) is 12.2. The van der Waals surface area contributed by atoms with Gasteiger partial charge >= 0.3 is 14.3 Å². The molecule has 0 saturated carbocycles. The zero-order valence-corrected chi connectivity index (χ0v) is 43.8. The number of nitrogens with zero attached hydrogens (tertiary/aromatic N) is 6. The summed E-state index contributed by atoms with van der Waals surface area (Å²) in [5.41, 5.74) is 9.90. The van der Waals surface area contributed by atoms with E-state index in [-0.39, 0.29) is 21.1 Å². The Labute approximate surface area is 454 Å². The van der Waals surface area contributed by atoms with E-state index in [0.717, 1.165) is 71.8 Å². The molecule has 15 heteroatoms. The summed E-state index contributed by atoms with van der Waals surface area (Å²) in [5, 5.41) is 44.6. The summed E-state index contributed by atoms with van der Waals surface area (Å²) in [5.74, 6) is 3.73. The Morgan fingerprint density at radius 2 is 0.883 bits per heavy atom. The van der Waals surface area contributed by atoms with E-state index in [2.05, 4.69) is 132 Å². The second-order valence-electron chi connectivity index (χ2n) is 18.2. The first kappa shape index (κ1) is 51.5. The number of benzene rings is 9. The summed E-state index contributed by atoms with van der Waals surface area (Å²) in [6.45, 7) is 6.58. The van der Waals surface area contributed by atoms with E-state index in [1.54, 1.807) is 7.11 Å². The van der Waals surface area contributed by atoms with E-state index in [0.29, 0.717) is 42.9 Å². The number of fused-ring (bicyclic) bond motifs is 2. The third kappa shape index (κ3) is 13.3. The average molecular weight is 1030 g/mol. The van der Waals surface area contributed by atoms with Gasteiger partial charge in [-0.2, -0.15) is 9.06 Å². The molecule has 77 heavy (non-hydrogen) atoms. The molecule has 3 aromatic heterocycles. The predicted molar refractivity (Wildman–Crippen MR) is 312 cm³/mol. The molecule has 0 fully saturated rings. The number of aliphatic hydroxyl groups is 1. The molecule has 0 saturated heterocycles. The van der Waals surface area contributed by atoms with Gasteiger partial charge < -0.3 is 23.1 Å². The normalized spacial score (nSPS) is 11.1. The number of aromatic nitrogens is 6. The quantitative estimate of drug-likeness (QED) is 0.104. The second-order valence-corrected chi connectivity index (χ2v) is 18.2. The topological polar surface area (TPSA) is 170 Å². The number of nitrogens with one attached hydrogen (secondary N) is 1. The zero-order valence-electron chi connectivity index (χ0n) is 44.8. The minimum atomic E-state index is -0.167. The van der Waals surface area contributed by atoms with Crippen LogP contribution >= 0.6 is 9.06 Å². The fraction of sp³-hybridized carbons (Fsp3) is 0.0968. The van der Waals surface area contributed by atoms with Gasteiger partial charge in [-0.25, -0.2) is 0 Å². The molecule has 12 aromatic rings. The standard InChI is InChI=1S/C24H22N2O.C22H14N2O.C16H14N2O3.BH2N.BH2P/c1-24(2,3)21-15-13-20(14-16-21)23-26-25-22(27-23)19-11-9-18(10-12-19)17-7-5-4-6-8-17;1-3-11-17-15(7-1)9-5-13-19(17)21-23-24-22(25-21)20-14-6-10-16-8-2-4-12-18(16)20;1-20-14-7-3-6-13(9-14)16-18-17-15(21-16)12-5-2-4-11(8-12)10-19;2*1-2/h4-16H,1-3H3;1-14H;2-9,19H,10H2,1H3;1-2H;2H2/i;;;1D;2D. The predicted octanol–water partition coefficient (Wildman–Crippen LogP) is 14.6. The molecule has 0 aliphatic heterocycles. The van der Waals surface area contributed by atoms with E-state index in [1.807, 2.05) is 140 Å². The van der Waals surface area contributed by atoms with Gasteiger partial charge in [0.1, 0.15) is 5.75 Å². The maximum atomic E-state index is 9.17. The summed E-state index contributed by atoms with van der Waals surface area (Å²) in [7, 11) is 6.48. The molecule has 12 rings (SSSR count). The van der Waals surface area contributed by atoms with E-state index in [9.17, 15) is 0 Å². The Morgan fingerprint density at radius 1 is 0.506 bits per heavy atom. The molecule has 378 valence electrons. The van der Waals surface area contributed by atoms with Gasteiger partial charge in [0.05, 0.1) is 21.3 Å². The van der Waals surface area contributed by atoms with Gasteiger partial charge in [-0.15, -0.1) is 30.6 Å². The molecule has 1 atom stereocenters.